The largest absolute Gasteiger partial charge is 0.396 e. The number of unbranched alkanes of at least 4 members (excludes halogenated alkanes) is 1. The van der Waals surface area contributed by atoms with Crippen LogP contribution in [0.1, 0.15) is 68.4 Å². The molecule has 0 bridgehead atoms. The molecule has 144 valence electrons. The monoisotopic (exact) mass is 358 g/mol. The Morgan fingerprint density at radius 3 is 2.38 bits per heavy atom. The number of hydrogen-bond acceptors (Lipinski definition) is 3. The summed E-state index contributed by atoms with van der Waals surface area (Å²) in [6, 6.07) is 9.50. The zero-order valence-electron chi connectivity index (χ0n) is 16.1. The molecular weight excluding hydrogens is 324 g/mol. The molecule has 0 aromatic heterocycles. The van der Waals surface area contributed by atoms with Gasteiger partial charge in [-0.1, -0.05) is 24.3 Å². The van der Waals surface area contributed by atoms with Crippen LogP contribution in [0.5, 0.6) is 0 Å². The van der Waals surface area contributed by atoms with Crippen LogP contribution in [0.15, 0.2) is 24.3 Å². The Morgan fingerprint density at radius 1 is 1.08 bits per heavy atom. The summed E-state index contributed by atoms with van der Waals surface area (Å²) in [6.07, 6.45) is 8.73. The molecule has 2 fully saturated rings. The van der Waals surface area contributed by atoms with Crippen molar-refractivity contribution in [1.29, 1.82) is 0 Å². The van der Waals surface area contributed by atoms with Crippen LogP contribution >= 0.6 is 0 Å². The summed E-state index contributed by atoms with van der Waals surface area (Å²) in [5, 5.41) is 12.2. The fourth-order valence-corrected chi connectivity index (χ4v) is 4.10. The highest BCUT2D eigenvalue weighted by Gasteiger charge is 2.35. The number of aliphatic hydroxyl groups is 1. The van der Waals surface area contributed by atoms with Gasteiger partial charge in [0.05, 0.1) is 0 Å². The van der Waals surface area contributed by atoms with Crippen molar-refractivity contribution in [2.45, 2.75) is 69.9 Å². The molecule has 1 aromatic rings. The Bertz CT molecular complexity index is 560. The van der Waals surface area contributed by atoms with E-state index >= 15 is 0 Å². The maximum atomic E-state index is 12.2. The number of carbonyl (C=O) groups excluding carboxylic acids is 1. The van der Waals surface area contributed by atoms with Gasteiger partial charge < -0.3 is 15.3 Å². The third-order valence-corrected chi connectivity index (χ3v) is 6.06. The van der Waals surface area contributed by atoms with Crippen LogP contribution in [0.25, 0.3) is 0 Å². The molecule has 2 aliphatic rings. The number of nitrogens with zero attached hydrogens (tertiary/aromatic N) is 1. The summed E-state index contributed by atoms with van der Waals surface area (Å²) in [5.41, 5.74) is 2.77. The van der Waals surface area contributed by atoms with E-state index in [4.69, 9.17) is 5.11 Å². The van der Waals surface area contributed by atoms with Gasteiger partial charge in [0.1, 0.15) is 0 Å². The summed E-state index contributed by atoms with van der Waals surface area (Å²) < 4.78 is 0. The average Bonchev–Trinajstić information content (AvgIpc) is 3.53. The second-order valence-corrected chi connectivity index (χ2v) is 8.08. The minimum atomic E-state index is 0.281. The molecule has 4 nitrogen and oxygen atoms in total. The van der Waals surface area contributed by atoms with Crippen LogP contribution in [-0.4, -0.2) is 42.2 Å². The van der Waals surface area contributed by atoms with Crippen LogP contribution < -0.4 is 5.32 Å². The van der Waals surface area contributed by atoms with Crippen molar-refractivity contribution >= 4 is 5.91 Å². The molecule has 4 heteroatoms. The van der Waals surface area contributed by atoms with Gasteiger partial charge in [0.15, 0.2) is 0 Å². The van der Waals surface area contributed by atoms with E-state index in [0.717, 1.165) is 51.6 Å². The van der Waals surface area contributed by atoms with Crippen molar-refractivity contribution in [1.82, 2.24) is 10.2 Å². The second kappa shape index (κ2) is 9.52. The maximum Gasteiger partial charge on any atom is 0.225 e. The van der Waals surface area contributed by atoms with Gasteiger partial charge in [-0.25, -0.2) is 0 Å². The smallest absolute Gasteiger partial charge is 0.225 e. The minimum absolute atomic E-state index is 0.281. The molecule has 0 radical (unpaired) electrons. The highest BCUT2D eigenvalue weighted by atomic mass is 16.2. The van der Waals surface area contributed by atoms with Gasteiger partial charge in [-0.15, -0.1) is 0 Å². The van der Waals surface area contributed by atoms with E-state index in [1.54, 1.807) is 0 Å². The van der Waals surface area contributed by atoms with E-state index < -0.39 is 0 Å². The zero-order chi connectivity index (χ0) is 18.4. The Hall–Kier alpha value is -1.39. The third-order valence-electron chi connectivity index (χ3n) is 6.06. The van der Waals surface area contributed by atoms with E-state index in [1.165, 1.54) is 24.0 Å². The molecule has 2 saturated carbocycles. The van der Waals surface area contributed by atoms with Gasteiger partial charge in [-0.05, 0) is 75.0 Å². The fourth-order valence-electron chi connectivity index (χ4n) is 4.10. The zero-order valence-corrected chi connectivity index (χ0v) is 16.1. The fraction of sp³-hybridized carbons (Fsp3) is 0.682. The average molecular weight is 359 g/mol. The topological polar surface area (TPSA) is 52.6 Å². The SMILES string of the molecule is CN(C(=O)C1CC1)C1CCC(c2ccc(CNCCCCO)cc2)CC1. The van der Waals surface area contributed by atoms with Crippen molar-refractivity contribution < 1.29 is 9.90 Å². The first-order valence-corrected chi connectivity index (χ1v) is 10.4. The summed E-state index contributed by atoms with van der Waals surface area (Å²) in [6.45, 7) is 2.13. The van der Waals surface area contributed by atoms with E-state index in [0.29, 0.717) is 23.8 Å². The number of benzene rings is 1. The molecule has 0 saturated heterocycles. The predicted molar refractivity (Wildman–Crippen MR) is 105 cm³/mol. The maximum absolute atomic E-state index is 12.2. The first-order valence-electron chi connectivity index (χ1n) is 10.4. The van der Waals surface area contributed by atoms with E-state index in [1.807, 2.05) is 11.9 Å². The lowest BCUT2D eigenvalue weighted by atomic mass is 9.81. The van der Waals surface area contributed by atoms with Crippen LogP contribution in [0, 0.1) is 5.92 Å². The molecule has 1 aromatic carbocycles. The summed E-state index contributed by atoms with van der Waals surface area (Å²) in [4.78, 5) is 14.3. The number of hydrogen-bond donors (Lipinski definition) is 2. The Balaban J connectivity index is 1.42. The molecule has 1 amide bonds. The number of aliphatic hydroxyl groups excluding tert-OH is 1. The molecule has 3 rings (SSSR count). The normalized spacial score (nSPS) is 23.0. The van der Waals surface area contributed by atoms with Gasteiger partial charge in [0.25, 0.3) is 0 Å². The van der Waals surface area contributed by atoms with Crippen molar-refractivity contribution in [2.24, 2.45) is 5.92 Å². The van der Waals surface area contributed by atoms with Gasteiger partial charge in [0, 0.05) is 32.2 Å². The van der Waals surface area contributed by atoms with Gasteiger partial charge >= 0.3 is 0 Å². The van der Waals surface area contributed by atoms with Gasteiger partial charge in [-0.3, -0.25) is 4.79 Å². The quantitative estimate of drug-likeness (QED) is 0.665. The molecule has 2 aliphatic carbocycles. The Labute approximate surface area is 158 Å². The van der Waals surface area contributed by atoms with Crippen molar-refractivity contribution in [3.05, 3.63) is 35.4 Å². The third kappa shape index (κ3) is 5.31. The molecule has 0 unspecified atom stereocenters. The predicted octanol–water partition coefficient (Wildman–Crippen LogP) is 3.44. The Kier molecular flexibility index (Phi) is 7.09. The standard InChI is InChI=1S/C22H34N2O2/c1-24(22(26)20-8-9-20)21-12-10-19(11-13-21)18-6-4-17(5-7-18)16-23-14-2-3-15-25/h4-7,19-21,23,25H,2-3,8-16H2,1H3. The second-order valence-electron chi connectivity index (χ2n) is 8.08. The number of amides is 1. The highest BCUT2D eigenvalue weighted by Crippen LogP contribution is 2.37. The molecule has 0 spiro atoms. The van der Waals surface area contributed by atoms with E-state index in [-0.39, 0.29) is 6.61 Å². The molecule has 26 heavy (non-hydrogen) atoms. The summed E-state index contributed by atoms with van der Waals surface area (Å²) in [7, 11) is 2.01. The molecule has 0 aliphatic heterocycles. The highest BCUT2D eigenvalue weighted by molar-refractivity contribution is 5.81. The van der Waals surface area contributed by atoms with Crippen LogP contribution in [0.3, 0.4) is 0 Å². The van der Waals surface area contributed by atoms with Gasteiger partial charge in [-0.2, -0.15) is 0 Å². The lowest BCUT2D eigenvalue weighted by molar-refractivity contribution is -0.133. The summed E-state index contributed by atoms with van der Waals surface area (Å²) in [5.74, 6) is 1.36. The van der Waals surface area contributed by atoms with Crippen LogP contribution in [0.4, 0.5) is 0 Å². The number of rotatable bonds is 9. The van der Waals surface area contributed by atoms with Crippen molar-refractivity contribution in [3.8, 4) is 0 Å². The van der Waals surface area contributed by atoms with Crippen molar-refractivity contribution in [3.63, 3.8) is 0 Å². The molecule has 0 heterocycles. The first kappa shape index (κ1) is 19.4. The van der Waals surface area contributed by atoms with Crippen LogP contribution in [0.2, 0.25) is 0 Å². The molecule has 2 N–H and O–H groups in total. The Morgan fingerprint density at radius 2 is 1.77 bits per heavy atom. The van der Waals surface area contributed by atoms with Gasteiger partial charge in [0.2, 0.25) is 5.91 Å². The van der Waals surface area contributed by atoms with Crippen molar-refractivity contribution in [2.75, 3.05) is 20.2 Å². The number of carbonyl (C=O) groups is 1. The lowest BCUT2D eigenvalue weighted by Crippen LogP contribution is -2.40. The van der Waals surface area contributed by atoms with E-state index in [9.17, 15) is 4.79 Å². The molecular formula is C22H34N2O2. The van der Waals surface area contributed by atoms with Crippen LogP contribution in [-0.2, 0) is 11.3 Å². The minimum Gasteiger partial charge on any atom is -0.396 e. The number of nitrogens with one attached hydrogen (secondary N) is 1. The molecule has 0 atom stereocenters. The van der Waals surface area contributed by atoms with E-state index in [2.05, 4.69) is 29.6 Å². The lowest BCUT2D eigenvalue weighted by Gasteiger charge is -2.35. The summed E-state index contributed by atoms with van der Waals surface area (Å²) >= 11 is 0. The first-order chi connectivity index (χ1) is 12.7.